The van der Waals surface area contributed by atoms with E-state index in [2.05, 4.69) is 10.3 Å². The molecular formula is C8H8N2O. The molecule has 2 rings (SSSR count). The molecule has 3 nitrogen and oxygen atoms in total. The summed E-state index contributed by atoms with van der Waals surface area (Å²) in [5.41, 5.74) is 2.77. The van der Waals surface area contributed by atoms with Crippen LogP contribution in [0, 0.1) is 6.92 Å². The van der Waals surface area contributed by atoms with Gasteiger partial charge in [-0.2, -0.15) is 0 Å². The average molecular weight is 148 g/mol. The second-order valence-corrected chi connectivity index (χ2v) is 2.67. The van der Waals surface area contributed by atoms with Crippen molar-refractivity contribution in [3.8, 4) is 0 Å². The first-order chi connectivity index (χ1) is 5.29. The maximum atomic E-state index is 11.1. The topological polar surface area (TPSA) is 42.0 Å². The van der Waals surface area contributed by atoms with Gasteiger partial charge in [0.15, 0.2) is 0 Å². The third-order valence-electron chi connectivity index (χ3n) is 1.88. The third kappa shape index (κ3) is 0.808. The van der Waals surface area contributed by atoms with Crippen LogP contribution in [0.4, 0.5) is 0 Å². The van der Waals surface area contributed by atoms with Crippen molar-refractivity contribution in [2.75, 3.05) is 0 Å². The molecule has 0 unspecified atom stereocenters. The Balaban J connectivity index is 2.68. The minimum absolute atomic E-state index is 0.0277. The summed E-state index contributed by atoms with van der Waals surface area (Å²) in [6.07, 6.45) is 3.45. The number of nitrogens with one attached hydrogen (secondary N) is 1. The lowest BCUT2D eigenvalue weighted by atomic mass is 10.1. The van der Waals surface area contributed by atoms with Crippen molar-refractivity contribution < 1.29 is 4.79 Å². The number of carbonyl (C=O) groups excluding carboxylic acids is 1. The summed E-state index contributed by atoms with van der Waals surface area (Å²) in [6.45, 7) is 2.53. The van der Waals surface area contributed by atoms with Gasteiger partial charge >= 0.3 is 0 Å². The van der Waals surface area contributed by atoms with E-state index >= 15 is 0 Å². The fourth-order valence-electron chi connectivity index (χ4n) is 1.34. The van der Waals surface area contributed by atoms with Gasteiger partial charge in [0.25, 0.3) is 5.91 Å². The fraction of sp³-hybridized carbons (Fsp3) is 0.250. The van der Waals surface area contributed by atoms with Crippen molar-refractivity contribution in [1.29, 1.82) is 0 Å². The molecule has 0 aromatic carbocycles. The van der Waals surface area contributed by atoms with Crippen molar-refractivity contribution in [3.05, 3.63) is 29.1 Å². The highest BCUT2D eigenvalue weighted by molar-refractivity contribution is 5.99. The van der Waals surface area contributed by atoms with E-state index in [0.717, 1.165) is 16.7 Å². The lowest BCUT2D eigenvalue weighted by Crippen LogP contribution is -2.13. The molecule has 1 aliphatic heterocycles. The van der Waals surface area contributed by atoms with Crippen LogP contribution >= 0.6 is 0 Å². The smallest absolute Gasteiger partial charge is 0.252 e. The van der Waals surface area contributed by atoms with Crippen molar-refractivity contribution in [3.63, 3.8) is 0 Å². The third-order valence-corrected chi connectivity index (χ3v) is 1.88. The Labute approximate surface area is 64.5 Å². The van der Waals surface area contributed by atoms with Gasteiger partial charge in [0, 0.05) is 24.5 Å². The molecule has 56 valence electrons. The number of fused-ring (bicyclic) bond motifs is 1. The van der Waals surface area contributed by atoms with Gasteiger partial charge in [-0.3, -0.25) is 9.78 Å². The summed E-state index contributed by atoms with van der Waals surface area (Å²) in [5, 5.41) is 2.75. The first kappa shape index (κ1) is 6.34. The van der Waals surface area contributed by atoms with Gasteiger partial charge in [-0.25, -0.2) is 0 Å². The van der Waals surface area contributed by atoms with Gasteiger partial charge in [-0.1, -0.05) is 0 Å². The van der Waals surface area contributed by atoms with E-state index in [-0.39, 0.29) is 5.91 Å². The number of nitrogens with zero attached hydrogens (tertiary/aromatic N) is 1. The summed E-state index contributed by atoms with van der Waals surface area (Å²) in [5.74, 6) is 0.0277. The number of carbonyl (C=O) groups is 1. The number of hydrogen-bond donors (Lipinski definition) is 1. The largest absolute Gasteiger partial charge is 0.348 e. The number of amides is 1. The quantitative estimate of drug-likeness (QED) is 0.586. The monoisotopic (exact) mass is 148 g/mol. The first-order valence-electron chi connectivity index (χ1n) is 3.50. The van der Waals surface area contributed by atoms with Crippen LogP contribution in [0.15, 0.2) is 12.4 Å². The molecule has 1 amide bonds. The molecule has 3 heteroatoms. The molecule has 1 aromatic rings. The Bertz CT molecular complexity index is 320. The van der Waals surface area contributed by atoms with Crippen LogP contribution in [0.2, 0.25) is 0 Å². The normalized spacial score (nSPS) is 14.5. The Kier molecular flexibility index (Phi) is 1.18. The minimum Gasteiger partial charge on any atom is -0.348 e. The minimum atomic E-state index is 0.0277. The average Bonchev–Trinajstić information content (AvgIpc) is 2.34. The molecule has 1 aromatic heterocycles. The highest BCUT2D eigenvalue weighted by atomic mass is 16.1. The molecule has 0 saturated heterocycles. The predicted molar refractivity (Wildman–Crippen MR) is 40.1 cm³/mol. The zero-order valence-electron chi connectivity index (χ0n) is 6.22. The Morgan fingerprint density at radius 3 is 3.09 bits per heavy atom. The molecule has 0 fully saturated rings. The molecule has 2 heterocycles. The highest BCUT2D eigenvalue weighted by Crippen LogP contribution is 2.16. The van der Waals surface area contributed by atoms with E-state index < -0.39 is 0 Å². The van der Waals surface area contributed by atoms with E-state index in [0.29, 0.717) is 6.54 Å². The molecular weight excluding hydrogens is 140 g/mol. The van der Waals surface area contributed by atoms with Gasteiger partial charge < -0.3 is 5.32 Å². The molecule has 11 heavy (non-hydrogen) atoms. The summed E-state index contributed by atoms with van der Waals surface area (Å²) in [6, 6.07) is 0. The number of aromatic nitrogens is 1. The molecule has 1 N–H and O–H groups in total. The van der Waals surface area contributed by atoms with E-state index in [1.165, 1.54) is 0 Å². The summed E-state index contributed by atoms with van der Waals surface area (Å²) in [7, 11) is 0. The van der Waals surface area contributed by atoms with Crippen LogP contribution in [0.5, 0.6) is 0 Å². The zero-order chi connectivity index (χ0) is 7.84. The highest BCUT2D eigenvalue weighted by Gasteiger charge is 2.20. The standard InChI is InChI=1S/C8H8N2O/c1-5-2-9-3-6-4-10-8(11)7(5)6/h2-3H,4H2,1H3,(H,10,11). The Morgan fingerprint density at radius 2 is 2.36 bits per heavy atom. The number of aryl methyl sites for hydroxylation is 1. The van der Waals surface area contributed by atoms with Crippen LogP contribution < -0.4 is 5.32 Å². The van der Waals surface area contributed by atoms with E-state index in [1.807, 2.05) is 6.92 Å². The van der Waals surface area contributed by atoms with Crippen LogP contribution in [0.25, 0.3) is 0 Å². The van der Waals surface area contributed by atoms with Gasteiger partial charge in [0.2, 0.25) is 0 Å². The summed E-state index contributed by atoms with van der Waals surface area (Å²) >= 11 is 0. The lowest BCUT2D eigenvalue weighted by molar-refractivity contribution is 0.0965. The molecule has 0 spiro atoms. The summed E-state index contributed by atoms with van der Waals surface area (Å²) in [4.78, 5) is 15.1. The van der Waals surface area contributed by atoms with Gasteiger partial charge in [0.1, 0.15) is 0 Å². The molecule has 0 saturated carbocycles. The number of hydrogen-bond acceptors (Lipinski definition) is 2. The van der Waals surface area contributed by atoms with Crippen LogP contribution in [-0.2, 0) is 6.54 Å². The maximum Gasteiger partial charge on any atom is 0.252 e. The van der Waals surface area contributed by atoms with E-state index in [4.69, 9.17) is 0 Å². The van der Waals surface area contributed by atoms with Crippen LogP contribution in [-0.4, -0.2) is 10.9 Å². The van der Waals surface area contributed by atoms with Gasteiger partial charge in [-0.15, -0.1) is 0 Å². The van der Waals surface area contributed by atoms with Gasteiger partial charge in [0.05, 0.1) is 5.56 Å². The Morgan fingerprint density at radius 1 is 1.55 bits per heavy atom. The van der Waals surface area contributed by atoms with E-state index in [9.17, 15) is 4.79 Å². The molecule has 0 aliphatic carbocycles. The van der Waals surface area contributed by atoms with Crippen molar-refractivity contribution >= 4 is 5.91 Å². The molecule has 1 aliphatic rings. The second-order valence-electron chi connectivity index (χ2n) is 2.67. The maximum absolute atomic E-state index is 11.1. The Hall–Kier alpha value is -1.38. The van der Waals surface area contributed by atoms with Gasteiger partial charge in [-0.05, 0) is 12.5 Å². The lowest BCUT2D eigenvalue weighted by Gasteiger charge is -1.97. The van der Waals surface area contributed by atoms with E-state index in [1.54, 1.807) is 12.4 Å². The van der Waals surface area contributed by atoms with Crippen molar-refractivity contribution in [2.45, 2.75) is 13.5 Å². The van der Waals surface area contributed by atoms with Crippen molar-refractivity contribution in [1.82, 2.24) is 10.3 Å². The summed E-state index contributed by atoms with van der Waals surface area (Å²) < 4.78 is 0. The molecule has 0 bridgehead atoms. The fourth-order valence-corrected chi connectivity index (χ4v) is 1.34. The van der Waals surface area contributed by atoms with Crippen LogP contribution in [0.3, 0.4) is 0 Å². The van der Waals surface area contributed by atoms with Crippen molar-refractivity contribution in [2.24, 2.45) is 0 Å². The number of rotatable bonds is 0. The van der Waals surface area contributed by atoms with Crippen LogP contribution in [0.1, 0.15) is 21.5 Å². The molecule has 0 atom stereocenters. The second kappa shape index (κ2) is 2.05. The number of pyridine rings is 1. The molecule has 0 radical (unpaired) electrons. The predicted octanol–water partition coefficient (Wildman–Crippen LogP) is 0.633. The SMILES string of the molecule is Cc1cncc2c1C(=O)NC2. The zero-order valence-corrected chi connectivity index (χ0v) is 6.22. The first-order valence-corrected chi connectivity index (χ1v) is 3.50.